The fourth-order valence-electron chi connectivity index (χ4n) is 3.97. The molecule has 2 aliphatic carbocycles. The normalized spacial score (nSPS) is 26.9. The third-order valence-corrected chi connectivity index (χ3v) is 6.59. The van der Waals surface area contributed by atoms with Gasteiger partial charge in [0.25, 0.3) is 0 Å². The molecule has 0 aromatic carbocycles. The lowest BCUT2D eigenvalue weighted by molar-refractivity contribution is 0.126. The molecule has 23 heavy (non-hydrogen) atoms. The van der Waals surface area contributed by atoms with Crippen molar-refractivity contribution >= 4 is 27.4 Å². The highest BCUT2D eigenvalue weighted by atomic mass is 32.1. The SMILES string of the molecule is CC1(C)CCc2sc3ncnc(NC4CCC(O)CC4)c3c2C1. The van der Waals surface area contributed by atoms with Gasteiger partial charge in [0, 0.05) is 10.9 Å². The van der Waals surface area contributed by atoms with Crippen LogP contribution in [0.15, 0.2) is 6.33 Å². The molecule has 2 aromatic heterocycles. The van der Waals surface area contributed by atoms with Gasteiger partial charge >= 0.3 is 0 Å². The molecule has 0 radical (unpaired) electrons. The summed E-state index contributed by atoms with van der Waals surface area (Å²) in [7, 11) is 0. The number of aryl methyl sites for hydroxylation is 1. The van der Waals surface area contributed by atoms with Crippen molar-refractivity contribution in [2.45, 2.75) is 70.9 Å². The van der Waals surface area contributed by atoms with Crippen LogP contribution in [-0.4, -0.2) is 27.2 Å². The molecule has 5 heteroatoms. The second kappa shape index (κ2) is 5.71. The van der Waals surface area contributed by atoms with Crippen molar-refractivity contribution in [3.63, 3.8) is 0 Å². The Kier molecular flexibility index (Phi) is 3.81. The molecule has 0 spiro atoms. The number of aliphatic hydroxyl groups excluding tert-OH is 1. The summed E-state index contributed by atoms with van der Waals surface area (Å²) in [5.74, 6) is 1.01. The minimum atomic E-state index is -0.117. The van der Waals surface area contributed by atoms with Crippen LogP contribution in [-0.2, 0) is 12.8 Å². The first-order valence-electron chi connectivity index (χ1n) is 8.72. The van der Waals surface area contributed by atoms with Gasteiger partial charge < -0.3 is 10.4 Å². The van der Waals surface area contributed by atoms with Crippen LogP contribution >= 0.6 is 11.3 Å². The highest BCUT2D eigenvalue weighted by Crippen LogP contribution is 2.44. The quantitative estimate of drug-likeness (QED) is 0.875. The second-order valence-corrected chi connectivity index (χ2v) is 8.98. The van der Waals surface area contributed by atoms with E-state index in [0.29, 0.717) is 11.5 Å². The Balaban J connectivity index is 1.69. The molecule has 1 fully saturated rings. The Morgan fingerprint density at radius 1 is 1.22 bits per heavy atom. The van der Waals surface area contributed by atoms with Crippen LogP contribution in [0.2, 0.25) is 0 Å². The Morgan fingerprint density at radius 3 is 2.78 bits per heavy atom. The maximum Gasteiger partial charge on any atom is 0.138 e. The lowest BCUT2D eigenvalue weighted by Gasteiger charge is -2.30. The van der Waals surface area contributed by atoms with Gasteiger partial charge in [-0.25, -0.2) is 9.97 Å². The van der Waals surface area contributed by atoms with Crippen molar-refractivity contribution < 1.29 is 5.11 Å². The van der Waals surface area contributed by atoms with E-state index in [1.165, 1.54) is 28.7 Å². The van der Waals surface area contributed by atoms with Crippen molar-refractivity contribution in [2.75, 3.05) is 5.32 Å². The van der Waals surface area contributed by atoms with Gasteiger partial charge in [-0.2, -0.15) is 0 Å². The first-order chi connectivity index (χ1) is 11.0. The minimum Gasteiger partial charge on any atom is -0.393 e. The fraction of sp³-hybridized carbons (Fsp3) is 0.667. The van der Waals surface area contributed by atoms with E-state index in [1.807, 2.05) is 11.3 Å². The molecule has 124 valence electrons. The first kappa shape index (κ1) is 15.3. The Morgan fingerprint density at radius 2 is 2.00 bits per heavy atom. The highest BCUT2D eigenvalue weighted by Gasteiger charge is 2.30. The highest BCUT2D eigenvalue weighted by molar-refractivity contribution is 7.19. The van der Waals surface area contributed by atoms with E-state index in [0.717, 1.165) is 42.8 Å². The summed E-state index contributed by atoms with van der Waals surface area (Å²) in [5, 5.41) is 14.6. The number of aliphatic hydroxyl groups is 1. The average molecular weight is 331 g/mol. The van der Waals surface area contributed by atoms with Crippen molar-refractivity contribution in [3.05, 3.63) is 16.8 Å². The third kappa shape index (κ3) is 2.96. The van der Waals surface area contributed by atoms with Crippen molar-refractivity contribution in [1.82, 2.24) is 9.97 Å². The molecular weight excluding hydrogens is 306 g/mol. The van der Waals surface area contributed by atoms with E-state index in [9.17, 15) is 5.11 Å². The third-order valence-electron chi connectivity index (χ3n) is 5.39. The maximum atomic E-state index is 9.70. The maximum absolute atomic E-state index is 9.70. The number of fused-ring (bicyclic) bond motifs is 3. The number of thiophene rings is 1. The molecule has 2 N–H and O–H groups in total. The van der Waals surface area contributed by atoms with Crippen LogP contribution < -0.4 is 5.32 Å². The van der Waals surface area contributed by atoms with Gasteiger partial charge in [-0.15, -0.1) is 11.3 Å². The summed E-state index contributed by atoms with van der Waals surface area (Å²) in [5.41, 5.74) is 1.84. The lowest BCUT2D eigenvalue weighted by Crippen LogP contribution is -2.28. The number of hydrogen-bond donors (Lipinski definition) is 2. The van der Waals surface area contributed by atoms with Crippen LogP contribution in [0.4, 0.5) is 5.82 Å². The van der Waals surface area contributed by atoms with Gasteiger partial charge in [0.15, 0.2) is 0 Å². The molecule has 0 unspecified atom stereocenters. The van der Waals surface area contributed by atoms with E-state index in [4.69, 9.17) is 0 Å². The molecule has 4 rings (SSSR count). The van der Waals surface area contributed by atoms with Gasteiger partial charge in [0.1, 0.15) is 17.0 Å². The number of nitrogens with one attached hydrogen (secondary N) is 1. The predicted molar refractivity (Wildman–Crippen MR) is 95.1 cm³/mol. The van der Waals surface area contributed by atoms with Gasteiger partial charge in [-0.05, 0) is 55.9 Å². The smallest absolute Gasteiger partial charge is 0.138 e. The fourth-order valence-corrected chi connectivity index (χ4v) is 5.12. The molecule has 2 heterocycles. The standard InChI is InChI=1S/C18H25N3OS/c1-18(2)8-7-14-13(9-18)15-16(19-10-20-17(15)23-14)21-11-3-5-12(22)6-4-11/h10-12,22H,3-9H2,1-2H3,(H,19,20,21). The summed E-state index contributed by atoms with van der Waals surface area (Å²) < 4.78 is 0. The minimum absolute atomic E-state index is 0.117. The van der Waals surface area contributed by atoms with E-state index < -0.39 is 0 Å². The first-order valence-corrected chi connectivity index (χ1v) is 9.53. The Labute approximate surface area is 141 Å². The largest absolute Gasteiger partial charge is 0.393 e. The van der Waals surface area contributed by atoms with Gasteiger partial charge in [0.05, 0.1) is 11.5 Å². The molecule has 2 aromatic rings. The molecule has 1 saturated carbocycles. The van der Waals surface area contributed by atoms with Crippen LogP contribution in [0, 0.1) is 5.41 Å². The molecule has 0 amide bonds. The van der Waals surface area contributed by atoms with Gasteiger partial charge in [-0.1, -0.05) is 13.8 Å². The van der Waals surface area contributed by atoms with E-state index in [1.54, 1.807) is 6.33 Å². The number of rotatable bonds is 2. The monoisotopic (exact) mass is 331 g/mol. The topological polar surface area (TPSA) is 58.0 Å². The van der Waals surface area contributed by atoms with E-state index in [-0.39, 0.29) is 6.10 Å². The van der Waals surface area contributed by atoms with Gasteiger partial charge in [-0.3, -0.25) is 0 Å². The van der Waals surface area contributed by atoms with E-state index >= 15 is 0 Å². The predicted octanol–water partition coefficient (Wildman–Crippen LogP) is 3.92. The molecule has 2 aliphatic rings. The van der Waals surface area contributed by atoms with Crippen molar-refractivity contribution in [3.8, 4) is 0 Å². The summed E-state index contributed by atoms with van der Waals surface area (Å²) >= 11 is 1.85. The number of anilines is 1. The van der Waals surface area contributed by atoms with Crippen LogP contribution in [0.5, 0.6) is 0 Å². The van der Waals surface area contributed by atoms with E-state index in [2.05, 4.69) is 29.1 Å². The number of nitrogens with zero attached hydrogens (tertiary/aromatic N) is 2. The molecule has 0 aliphatic heterocycles. The molecule has 4 nitrogen and oxygen atoms in total. The Bertz CT molecular complexity index is 716. The zero-order valence-corrected chi connectivity index (χ0v) is 14.7. The van der Waals surface area contributed by atoms with Gasteiger partial charge in [0.2, 0.25) is 0 Å². The molecule has 0 atom stereocenters. The van der Waals surface area contributed by atoms with Crippen LogP contribution in [0.3, 0.4) is 0 Å². The van der Waals surface area contributed by atoms with Crippen molar-refractivity contribution in [2.24, 2.45) is 5.41 Å². The number of aromatic nitrogens is 2. The summed E-state index contributed by atoms with van der Waals surface area (Å²) in [4.78, 5) is 11.7. The Hall–Kier alpha value is -1.20. The summed E-state index contributed by atoms with van der Waals surface area (Å²) in [6.45, 7) is 4.72. The van der Waals surface area contributed by atoms with Crippen LogP contribution in [0.25, 0.3) is 10.2 Å². The number of hydrogen-bond acceptors (Lipinski definition) is 5. The molecular formula is C18H25N3OS. The molecule has 0 saturated heterocycles. The summed E-state index contributed by atoms with van der Waals surface area (Å²) in [6.07, 6.45) is 8.93. The average Bonchev–Trinajstić information content (AvgIpc) is 2.87. The zero-order valence-electron chi connectivity index (χ0n) is 13.9. The van der Waals surface area contributed by atoms with Crippen LogP contribution in [0.1, 0.15) is 56.4 Å². The molecule has 0 bridgehead atoms. The second-order valence-electron chi connectivity index (χ2n) is 7.90. The lowest BCUT2D eigenvalue weighted by atomic mass is 9.76. The zero-order chi connectivity index (χ0) is 16.0. The van der Waals surface area contributed by atoms with Crippen molar-refractivity contribution in [1.29, 1.82) is 0 Å². The summed E-state index contributed by atoms with van der Waals surface area (Å²) in [6, 6.07) is 0.420.